The molecule has 0 saturated heterocycles. The molecule has 0 spiro atoms. The SMILES string of the molecule is CCCCN(O)c1ccccc1. The summed E-state index contributed by atoms with van der Waals surface area (Å²) < 4.78 is 0. The summed E-state index contributed by atoms with van der Waals surface area (Å²) in [6, 6.07) is 9.58. The number of hydrogen-bond acceptors (Lipinski definition) is 2. The molecule has 1 aromatic rings. The minimum Gasteiger partial charge on any atom is -0.288 e. The fourth-order valence-corrected chi connectivity index (χ4v) is 1.04. The number of hydrogen-bond donors (Lipinski definition) is 1. The van der Waals surface area contributed by atoms with E-state index in [1.54, 1.807) is 0 Å². The van der Waals surface area contributed by atoms with Crippen LogP contribution in [0.15, 0.2) is 30.3 Å². The highest BCUT2D eigenvalue weighted by Gasteiger charge is 1.98. The Morgan fingerprint density at radius 3 is 2.50 bits per heavy atom. The Morgan fingerprint density at radius 2 is 1.92 bits per heavy atom. The average molecular weight is 165 g/mol. The highest BCUT2D eigenvalue weighted by Crippen LogP contribution is 2.10. The van der Waals surface area contributed by atoms with Gasteiger partial charge in [0, 0.05) is 6.54 Å². The normalized spacial score (nSPS) is 9.83. The maximum absolute atomic E-state index is 9.48. The van der Waals surface area contributed by atoms with E-state index in [-0.39, 0.29) is 0 Å². The molecule has 0 bridgehead atoms. The molecule has 0 saturated carbocycles. The van der Waals surface area contributed by atoms with Gasteiger partial charge in [0.25, 0.3) is 0 Å². The monoisotopic (exact) mass is 165 g/mol. The van der Waals surface area contributed by atoms with Crippen molar-refractivity contribution in [2.45, 2.75) is 19.8 Å². The lowest BCUT2D eigenvalue weighted by Gasteiger charge is -2.15. The van der Waals surface area contributed by atoms with Gasteiger partial charge in [-0.25, -0.2) is 0 Å². The van der Waals surface area contributed by atoms with Gasteiger partial charge >= 0.3 is 0 Å². The first-order chi connectivity index (χ1) is 5.84. The molecule has 0 heterocycles. The van der Waals surface area contributed by atoms with Gasteiger partial charge in [-0.15, -0.1) is 0 Å². The minimum absolute atomic E-state index is 0.709. The second-order valence-electron chi connectivity index (χ2n) is 2.81. The molecule has 0 amide bonds. The fourth-order valence-electron chi connectivity index (χ4n) is 1.04. The van der Waals surface area contributed by atoms with E-state index >= 15 is 0 Å². The van der Waals surface area contributed by atoms with Gasteiger partial charge in [-0.3, -0.25) is 10.3 Å². The van der Waals surface area contributed by atoms with Crippen LogP contribution in [-0.4, -0.2) is 11.8 Å². The molecule has 0 aliphatic rings. The van der Waals surface area contributed by atoms with Gasteiger partial charge in [-0.1, -0.05) is 31.5 Å². The minimum atomic E-state index is 0.709. The van der Waals surface area contributed by atoms with Crippen LogP contribution >= 0.6 is 0 Å². The fraction of sp³-hybridized carbons (Fsp3) is 0.400. The third-order valence-electron chi connectivity index (χ3n) is 1.78. The molecule has 2 heteroatoms. The molecule has 1 aromatic carbocycles. The average Bonchev–Trinajstić information content (AvgIpc) is 2.15. The zero-order chi connectivity index (χ0) is 8.81. The van der Waals surface area contributed by atoms with Crippen LogP contribution in [0.5, 0.6) is 0 Å². The van der Waals surface area contributed by atoms with Gasteiger partial charge < -0.3 is 0 Å². The highest BCUT2D eigenvalue weighted by molar-refractivity contribution is 5.42. The van der Waals surface area contributed by atoms with Crippen LogP contribution in [0, 0.1) is 0 Å². The molecule has 0 radical (unpaired) electrons. The Balaban J connectivity index is 2.48. The molecule has 1 N–H and O–H groups in total. The van der Waals surface area contributed by atoms with E-state index in [4.69, 9.17) is 0 Å². The van der Waals surface area contributed by atoms with Gasteiger partial charge in [-0.05, 0) is 18.6 Å². The molecule has 0 aromatic heterocycles. The zero-order valence-corrected chi connectivity index (χ0v) is 7.40. The van der Waals surface area contributed by atoms with Crippen LogP contribution in [0.25, 0.3) is 0 Å². The maximum Gasteiger partial charge on any atom is 0.0634 e. The van der Waals surface area contributed by atoms with Gasteiger partial charge in [0.1, 0.15) is 0 Å². The van der Waals surface area contributed by atoms with Gasteiger partial charge in [0.15, 0.2) is 0 Å². The van der Waals surface area contributed by atoms with Crippen molar-refractivity contribution in [3.05, 3.63) is 30.3 Å². The second kappa shape index (κ2) is 4.78. The Hall–Kier alpha value is -1.02. The number of rotatable bonds is 4. The number of benzene rings is 1. The predicted octanol–water partition coefficient (Wildman–Crippen LogP) is 2.68. The van der Waals surface area contributed by atoms with Crippen molar-refractivity contribution in [3.8, 4) is 0 Å². The standard InChI is InChI=1S/C10H15NO/c1-2-3-9-11(12)10-7-5-4-6-8-10/h4-8,12H,2-3,9H2,1H3. The van der Waals surface area contributed by atoms with Gasteiger partial charge in [-0.2, -0.15) is 0 Å². The molecule has 0 fully saturated rings. The number of unbranched alkanes of at least 4 members (excludes halogenated alkanes) is 1. The summed E-state index contributed by atoms with van der Waals surface area (Å²) >= 11 is 0. The van der Waals surface area contributed by atoms with Crippen molar-refractivity contribution < 1.29 is 5.21 Å². The van der Waals surface area contributed by atoms with Crippen LogP contribution in [0.4, 0.5) is 5.69 Å². The molecule has 0 aliphatic carbocycles. The van der Waals surface area contributed by atoms with E-state index in [9.17, 15) is 5.21 Å². The van der Waals surface area contributed by atoms with E-state index in [0.717, 1.165) is 18.5 Å². The number of anilines is 1. The van der Waals surface area contributed by atoms with E-state index in [0.29, 0.717) is 6.54 Å². The maximum atomic E-state index is 9.48. The third-order valence-corrected chi connectivity index (χ3v) is 1.78. The van der Waals surface area contributed by atoms with Crippen molar-refractivity contribution >= 4 is 5.69 Å². The summed E-state index contributed by atoms with van der Waals surface area (Å²) in [7, 11) is 0. The van der Waals surface area contributed by atoms with Crippen molar-refractivity contribution in [1.29, 1.82) is 0 Å². The lowest BCUT2D eigenvalue weighted by Crippen LogP contribution is -2.18. The second-order valence-corrected chi connectivity index (χ2v) is 2.81. The van der Waals surface area contributed by atoms with Crippen molar-refractivity contribution in [1.82, 2.24) is 0 Å². The molecular weight excluding hydrogens is 150 g/mol. The Bertz CT molecular complexity index is 210. The van der Waals surface area contributed by atoms with Crippen LogP contribution in [0.3, 0.4) is 0 Å². The number of hydroxylamine groups is 1. The summed E-state index contributed by atoms with van der Waals surface area (Å²) in [5.74, 6) is 0. The third kappa shape index (κ3) is 2.55. The van der Waals surface area contributed by atoms with Crippen molar-refractivity contribution in [3.63, 3.8) is 0 Å². The molecule has 0 aliphatic heterocycles. The summed E-state index contributed by atoms with van der Waals surface area (Å²) in [6.45, 7) is 2.82. The van der Waals surface area contributed by atoms with Crippen LogP contribution in [0.1, 0.15) is 19.8 Å². The molecule has 0 unspecified atom stereocenters. The number of nitrogens with zero attached hydrogens (tertiary/aromatic N) is 1. The van der Waals surface area contributed by atoms with Crippen LogP contribution < -0.4 is 5.06 Å². The van der Waals surface area contributed by atoms with Crippen LogP contribution in [-0.2, 0) is 0 Å². The van der Waals surface area contributed by atoms with Gasteiger partial charge in [0.2, 0.25) is 0 Å². The Kier molecular flexibility index (Phi) is 3.61. The summed E-state index contributed by atoms with van der Waals surface area (Å²) in [4.78, 5) is 0. The molecule has 1 rings (SSSR count). The molecule has 66 valence electrons. The molecule has 0 atom stereocenters. The van der Waals surface area contributed by atoms with E-state index in [1.165, 1.54) is 5.06 Å². The zero-order valence-electron chi connectivity index (χ0n) is 7.40. The largest absolute Gasteiger partial charge is 0.288 e. The molecule has 2 nitrogen and oxygen atoms in total. The molecule has 12 heavy (non-hydrogen) atoms. The smallest absolute Gasteiger partial charge is 0.0634 e. The van der Waals surface area contributed by atoms with Crippen LogP contribution in [0.2, 0.25) is 0 Å². The topological polar surface area (TPSA) is 23.5 Å². The van der Waals surface area contributed by atoms with E-state index in [2.05, 4.69) is 6.92 Å². The van der Waals surface area contributed by atoms with Gasteiger partial charge in [0.05, 0.1) is 5.69 Å². The quantitative estimate of drug-likeness (QED) is 0.693. The first kappa shape index (κ1) is 9.07. The predicted molar refractivity (Wildman–Crippen MR) is 50.5 cm³/mol. The molecular formula is C10H15NO. The Morgan fingerprint density at radius 1 is 1.25 bits per heavy atom. The summed E-state index contributed by atoms with van der Waals surface area (Å²) in [5.41, 5.74) is 0.867. The van der Waals surface area contributed by atoms with Crippen molar-refractivity contribution in [2.75, 3.05) is 11.6 Å². The number of para-hydroxylation sites is 1. The van der Waals surface area contributed by atoms with Crippen molar-refractivity contribution in [2.24, 2.45) is 0 Å². The lowest BCUT2D eigenvalue weighted by molar-refractivity contribution is 0.252. The summed E-state index contributed by atoms with van der Waals surface area (Å²) in [5, 5.41) is 10.8. The first-order valence-corrected chi connectivity index (χ1v) is 4.36. The summed E-state index contributed by atoms with van der Waals surface area (Å²) in [6.07, 6.45) is 2.12. The lowest BCUT2D eigenvalue weighted by atomic mass is 10.3. The van der Waals surface area contributed by atoms with E-state index in [1.807, 2.05) is 30.3 Å². The van der Waals surface area contributed by atoms with E-state index < -0.39 is 0 Å². The Labute approximate surface area is 73.4 Å². The first-order valence-electron chi connectivity index (χ1n) is 4.36. The highest BCUT2D eigenvalue weighted by atomic mass is 16.5.